The van der Waals surface area contributed by atoms with Gasteiger partial charge in [-0.25, -0.2) is 0 Å². The Morgan fingerprint density at radius 3 is 2.85 bits per heavy atom. The number of unbranched alkanes of at least 4 members (excludes halogenated alkanes) is 1. The van der Waals surface area contributed by atoms with E-state index in [4.69, 9.17) is 10.8 Å². The summed E-state index contributed by atoms with van der Waals surface area (Å²) in [7, 11) is 0. The van der Waals surface area contributed by atoms with Gasteiger partial charge in [0.05, 0.1) is 0 Å². The molecule has 1 unspecified atom stereocenters. The molecule has 0 radical (unpaired) electrons. The second-order valence-corrected chi connectivity index (χ2v) is 3.81. The highest BCUT2D eigenvalue weighted by atomic mass is 32.2. The summed E-state index contributed by atoms with van der Waals surface area (Å²) in [4.78, 5) is 10.4. The van der Waals surface area contributed by atoms with Crippen LogP contribution in [0.4, 0.5) is 0 Å². The largest absolute Gasteiger partial charge is 0.382 e. The van der Waals surface area contributed by atoms with Gasteiger partial charge < -0.3 is 16.2 Å². The molecule has 0 spiro atoms. The van der Waals surface area contributed by atoms with E-state index in [1.54, 1.807) is 0 Å². The van der Waals surface area contributed by atoms with Gasteiger partial charge in [-0.3, -0.25) is 4.79 Å². The number of amides is 1. The number of rotatable bonds is 8. The molecular formula is C8H18N2O2S. The Hall–Kier alpha value is -0.260. The zero-order valence-corrected chi connectivity index (χ0v) is 8.77. The predicted molar refractivity (Wildman–Crippen MR) is 55.7 cm³/mol. The highest BCUT2D eigenvalue weighted by Gasteiger charge is 2.08. The number of hydrogen-bond donors (Lipinski definition) is 3. The molecule has 78 valence electrons. The van der Waals surface area contributed by atoms with Crippen LogP contribution in [0, 0.1) is 0 Å². The molecular weight excluding hydrogens is 188 g/mol. The maximum absolute atomic E-state index is 10.4. The van der Waals surface area contributed by atoms with Crippen molar-refractivity contribution in [3.8, 4) is 0 Å². The summed E-state index contributed by atoms with van der Waals surface area (Å²) in [6.07, 6.45) is 3.23. The minimum Gasteiger partial charge on any atom is -0.382 e. The van der Waals surface area contributed by atoms with Gasteiger partial charge in [0.2, 0.25) is 5.91 Å². The molecule has 0 bridgehead atoms. The van der Waals surface area contributed by atoms with Crippen LogP contribution in [-0.4, -0.2) is 42.2 Å². The third-order valence-electron chi connectivity index (χ3n) is 1.62. The molecule has 4 N–H and O–H groups in total. The molecule has 4 nitrogen and oxygen atoms in total. The maximum atomic E-state index is 10.4. The fraction of sp³-hybridized carbons (Fsp3) is 0.875. The number of primary amides is 1. The molecule has 0 aliphatic carbocycles. The van der Waals surface area contributed by atoms with Crippen LogP contribution in [0.2, 0.25) is 0 Å². The van der Waals surface area contributed by atoms with E-state index in [2.05, 4.69) is 11.6 Å². The van der Waals surface area contributed by atoms with Crippen molar-refractivity contribution in [2.45, 2.75) is 18.9 Å². The first-order chi connectivity index (χ1) is 6.18. The van der Waals surface area contributed by atoms with Gasteiger partial charge in [-0.15, -0.1) is 0 Å². The van der Waals surface area contributed by atoms with Crippen molar-refractivity contribution in [2.75, 3.05) is 25.1 Å². The van der Waals surface area contributed by atoms with E-state index in [1.165, 1.54) is 0 Å². The van der Waals surface area contributed by atoms with E-state index in [0.717, 1.165) is 25.1 Å². The van der Waals surface area contributed by atoms with Crippen molar-refractivity contribution in [3.05, 3.63) is 0 Å². The van der Waals surface area contributed by atoms with Crippen molar-refractivity contribution in [1.82, 2.24) is 5.32 Å². The molecule has 13 heavy (non-hydrogen) atoms. The smallest absolute Gasteiger partial charge is 0.247 e. The molecule has 0 aliphatic heterocycles. The standard InChI is InChI=1S/C8H18N2O2S/c1-13-5-3-2-4-10-6-7(11)8(9)12/h7,10-11H,2-6H2,1H3,(H2,9,12). The maximum Gasteiger partial charge on any atom is 0.247 e. The van der Waals surface area contributed by atoms with Crippen LogP contribution < -0.4 is 11.1 Å². The molecule has 0 aromatic heterocycles. The lowest BCUT2D eigenvalue weighted by Crippen LogP contribution is -2.37. The van der Waals surface area contributed by atoms with Crippen molar-refractivity contribution >= 4 is 17.7 Å². The van der Waals surface area contributed by atoms with E-state index in [0.29, 0.717) is 0 Å². The lowest BCUT2D eigenvalue weighted by Gasteiger charge is -2.07. The lowest BCUT2D eigenvalue weighted by atomic mass is 10.3. The number of nitrogens with two attached hydrogens (primary N) is 1. The van der Waals surface area contributed by atoms with Gasteiger partial charge >= 0.3 is 0 Å². The molecule has 0 saturated heterocycles. The molecule has 5 heteroatoms. The van der Waals surface area contributed by atoms with Crippen LogP contribution >= 0.6 is 11.8 Å². The summed E-state index contributed by atoms with van der Waals surface area (Å²) in [6.45, 7) is 1.08. The zero-order chi connectivity index (χ0) is 10.1. The van der Waals surface area contributed by atoms with Gasteiger partial charge in [-0.05, 0) is 31.4 Å². The van der Waals surface area contributed by atoms with E-state index in [1.807, 2.05) is 11.8 Å². The quantitative estimate of drug-likeness (QED) is 0.471. The van der Waals surface area contributed by atoms with Crippen LogP contribution in [0.3, 0.4) is 0 Å². The third-order valence-corrected chi connectivity index (χ3v) is 2.32. The summed E-state index contributed by atoms with van der Waals surface area (Å²) in [6, 6.07) is 0. The van der Waals surface area contributed by atoms with Crippen LogP contribution in [-0.2, 0) is 4.79 Å². The Labute approximate surface area is 83.3 Å². The summed E-state index contributed by atoms with van der Waals surface area (Å²) in [5.74, 6) is 0.483. The predicted octanol–water partition coefficient (Wildman–Crippen LogP) is -0.435. The zero-order valence-electron chi connectivity index (χ0n) is 7.95. The lowest BCUT2D eigenvalue weighted by molar-refractivity contribution is -0.125. The van der Waals surface area contributed by atoms with E-state index in [-0.39, 0.29) is 6.54 Å². The second kappa shape index (κ2) is 8.34. The topological polar surface area (TPSA) is 75.3 Å². The molecule has 0 fully saturated rings. The van der Waals surface area contributed by atoms with Crippen LogP contribution in [0.15, 0.2) is 0 Å². The van der Waals surface area contributed by atoms with Gasteiger partial charge in [-0.1, -0.05) is 0 Å². The molecule has 1 atom stereocenters. The Morgan fingerprint density at radius 2 is 2.31 bits per heavy atom. The third kappa shape index (κ3) is 8.08. The number of hydrogen-bond acceptors (Lipinski definition) is 4. The summed E-state index contributed by atoms with van der Waals surface area (Å²) < 4.78 is 0. The van der Waals surface area contributed by atoms with Gasteiger partial charge in [0, 0.05) is 6.54 Å². The Morgan fingerprint density at radius 1 is 1.62 bits per heavy atom. The Kier molecular flexibility index (Phi) is 8.18. The van der Waals surface area contributed by atoms with E-state index in [9.17, 15) is 4.79 Å². The van der Waals surface area contributed by atoms with Gasteiger partial charge in [0.15, 0.2) is 0 Å². The Bertz CT molecular complexity index is 144. The number of aliphatic hydroxyl groups excluding tert-OH is 1. The summed E-state index contributed by atoms with van der Waals surface area (Å²) >= 11 is 1.82. The van der Waals surface area contributed by atoms with Crippen molar-refractivity contribution in [3.63, 3.8) is 0 Å². The van der Waals surface area contributed by atoms with Crippen LogP contribution in [0.1, 0.15) is 12.8 Å². The van der Waals surface area contributed by atoms with Crippen molar-refractivity contribution < 1.29 is 9.90 Å². The van der Waals surface area contributed by atoms with Gasteiger partial charge in [-0.2, -0.15) is 11.8 Å². The van der Waals surface area contributed by atoms with Crippen LogP contribution in [0.25, 0.3) is 0 Å². The average molecular weight is 206 g/mol. The highest BCUT2D eigenvalue weighted by molar-refractivity contribution is 7.98. The molecule has 0 aromatic rings. The molecule has 0 aromatic carbocycles. The van der Waals surface area contributed by atoms with Gasteiger partial charge in [0.25, 0.3) is 0 Å². The van der Waals surface area contributed by atoms with Crippen LogP contribution in [0.5, 0.6) is 0 Å². The first-order valence-corrected chi connectivity index (χ1v) is 5.75. The number of aliphatic hydroxyl groups is 1. The average Bonchev–Trinajstić information content (AvgIpc) is 2.10. The minimum absolute atomic E-state index is 0.259. The summed E-state index contributed by atoms with van der Waals surface area (Å²) in [5.41, 5.74) is 4.87. The number of carbonyl (C=O) groups is 1. The van der Waals surface area contributed by atoms with Crippen molar-refractivity contribution in [2.24, 2.45) is 5.73 Å². The second-order valence-electron chi connectivity index (χ2n) is 2.82. The minimum atomic E-state index is -1.06. The number of nitrogens with one attached hydrogen (secondary N) is 1. The van der Waals surface area contributed by atoms with Crippen molar-refractivity contribution in [1.29, 1.82) is 0 Å². The first kappa shape index (κ1) is 12.7. The molecule has 0 saturated carbocycles. The molecule has 0 aliphatic rings. The molecule has 1 amide bonds. The highest BCUT2D eigenvalue weighted by Crippen LogP contribution is 1.97. The monoisotopic (exact) mass is 206 g/mol. The Balaban J connectivity index is 3.11. The van der Waals surface area contributed by atoms with E-state index >= 15 is 0 Å². The molecule has 0 heterocycles. The molecule has 0 rings (SSSR count). The SMILES string of the molecule is CSCCCCNCC(O)C(N)=O. The number of carbonyl (C=O) groups excluding carboxylic acids is 1. The first-order valence-electron chi connectivity index (χ1n) is 4.35. The van der Waals surface area contributed by atoms with Gasteiger partial charge in [0.1, 0.15) is 6.10 Å². The van der Waals surface area contributed by atoms with E-state index < -0.39 is 12.0 Å². The summed E-state index contributed by atoms with van der Waals surface area (Å²) in [5, 5.41) is 12.0. The fourth-order valence-corrected chi connectivity index (χ4v) is 1.33. The normalized spacial score (nSPS) is 12.8. The number of thioether (sulfide) groups is 1. The fourth-order valence-electron chi connectivity index (χ4n) is 0.836.